The van der Waals surface area contributed by atoms with E-state index in [4.69, 9.17) is 4.74 Å². The fourth-order valence-corrected chi connectivity index (χ4v) is 4.41. The third-order valence-electron chi connectivity index (χ3n) is 4.85. The van der Waals surface area contributed by atoms with Gasteiger partial charge in [0.25, 0.3) is 0 Å². The minimum Gasteiger partial charge on any atom is -0.496 e. The van der Waals surface area contributed by atoms with Crippen LogP contribution < -0.4 is 10.1 Å². The molecule has 0 aliphatic carbocycles. The van der Waals surface area contributed by atoms with Gasteiger partial charge in [0.1, 0.15) is 17.6 Å². The number of methoxy groups -OCH3 is 1. The van der Waals surface area contributed by atoms with Crippen LogP contribution in [0.3, 0.4) is 0 Å². The van der Waals surface area contributed by atoms with E-state index >= 15 is 0 Å². The van der Waals surface area contributed by atoms with Gasteiger partial charge in [-0.3, -0.25) is 4.79 Å². The van der Waals surface area contributed by atoms with Crippen LogP contribution in [0.25, 0.3) is 0 Å². The van der Waals surface area contributed by atoms with E-state index < -0.39 is 15.9 Å². The highest BCUT2D eigenvalue weighted by Crippen LogP contribution is 2.29. The molecule has 7 nitrogen and oxygen atoms in total. The number of sulfone groups is 1. The van der Waals surface area contributed by atoms with E-state index in [2.05, 4.69) is 10.3 Å². The summed E-state index contributed by atoms with van der Waals surface area (Å²) in [6, 6.07) is 13.4. The van der Waals surface area contributed by atoms with Crippen LogP contribution in [0.1, 0.15) is 29.4 Å². The van der Waals surface area contributed by atoms with E-state index in [1.165, 1.54) is 0 Å². The van der Waals surface area contributed by atoms with Crippen LogP contribution in [-0.4, -0.2) is 36.7 Å². The predicted molar refractivity (Wildman–Crippen MR) is 114 cm³/mol. The van der Waals surface area contributed by atoms with Crippen LogP contribution in [0.4, 0.5) is 0 Å². The highest BCUT2D eigenvalue weighted by molar-refractivity contribution is 7.91. The minimum atomic E-state index is -3.55. The fourth-order valence-electron chi connectivity index (χ4n) is 3.17. The third-order valence-corrected chi connectivity index (χ3v) is 6.58. The van der Waals surface area contributed by atoms with Crippen LogP contribution in [0.2, 0.25) is 0 Å². The summed E-state index contributed by atoms with van der Waals surface area (Å²) < 4.78 is 32.4. The van der Waals surface area contributed by atoms with E-state index in [9.17, 15) is 13.2 Å². The SMILES string of the molecule is COc1ccccc1C(NC(=O)CCS(=O)(=O)c1ccc(C)cc1)c1nccn1C. The van der Waals surface area contributed by atoms with Crippen molar-refractivity contribution in [3.63, 3.8) is 0 Å². The third kappa shape index (κ3) is 4.88. The summed E-state index contributed by atoms with van der Waals surface area (Å²) in [4.78, 5) is 17.3. The van der Waals surface area contributed by atoms with Crippen molar-refractivity contribution in [3.05, 3.63) is 77.9 Å². The molecule has 1 amide bonds. The lowest BCUT2D eigenvalue weighted by Crippen LogP contribution is -2.32. The van der Waals surface area contributed by atoms with Crippen molar-refractivity contribution in [2.45, 2.75) is 24.3 Å². The van der Waals surface area contributed by atoms with Crippen molar-refractivity contribution in [2.75, 3.05) is 12.9 Å². The Morgan fingerprint density at radius 2 is 1.87 bits per heavy atom. The molecule has 0 aliphatic rings. The maximum absolute atomic E-state index is 12.7. The number of ether oxygens (including phenoxy) is 1. The van der Waals surface area contributed by atoms with Gasteiger partial charge in [0.15, 0.2) is 9.84 Å². The van der Waals surface area contributed by atoms with E-state index in [1.54, 1.807) is 54.4 Å². The molecule has 0 radical (unpaired) electrons. The number of nitrogens with one attached hydrogen (secondary N) is 1. The van der Waals surface area contributed by atoms with Gasteiger partial charge in [-0.25, -0.2) is 13.4 Å². The Labute approximate surface area is 176 Å². The average molecular weight is 428 g/mol. The van der Waals surface area contributed by atoms with Gasteiger partial charge in [-0.1, -0.05) is 35.9 Å². The number of carbonyl (C=O) groups is 1. The number of imidazole rings is 1. The van der Waals surface area contributed by atoms with Crippen molar-refractivity contribution in [2.24, 2.45) is 7.05 Å². The molecule has 1 unspecified atom stereocenters. The second-order valence-electron chi connectivity index (χ2n) is 7.02. The number of carbonyl (C=O) groups excluding carboxylic acids is 1. The number of rotatable bonds is 8. The maximum atomic E-state index is 12.7. The molecule has 1 aromatic heterocycles. The topological polar surface area (TPSA) is 90.3 Å². The van der Waals surface area contributed by atoms with Gasteiger partial charge in [-0.05, 0) is 25.1 Å². The van der Waals surface area contributed by atoms with Crippen molar-refractivity contribution in [1.82, 2.24) is 14.9 Å². The molecular weight excluding hydrogens is 402 g/mol. The predicted octanol–water partition coefficient (Wildman–Crippen LogP) is 2.81. The molecule has 2 aromatic carbocycles. The first-order chi connectivity index (χ1) is 14.3. The summed E-state index contributed by atoms with van der Waals surface area (Å²) >= 11 is 0. The molecule has 0 spiro atoms. The van der Waals surface area contributed by atoms with Gasteiger partial charge < -0.3 is 14.6 Å². The zero-order chi connectivity index (χ0) is 21.7. The summed E-state index contributed by atoms with van der Waals surface area (Å²) in [5.41, 5.74) is 1.71. The first kappa shape index (κ1) is 21.6. The number of benzene rings is 2. The van der Waals surface area contributed by atoms with Crippen LogP contribution in [0.15, 0.2) is 65.8 Å². The molecule has 1 N–H and O–H groups in total. The molecule has 1 atom stereocenters. The molecule has 3 rings (SSSR count). The van der Waals surface area contributed by atoms with Crippen LogP contribution in [0.5, 0.6) is 5.75 Å². The number of hydrogen-bond acceptors (Lipinski definition) is 5. The Morgan fingerprint density at radius 1 is 1.17 bits per heavy atom. The number of nitrogens with zero attached hydrogens (tertiary/aromatic N) is 2. The van der Waals surface area contributed by atoms with Crippen LogP contribution >= 0.6 is 0 Å². The van der Waals surface area contributed by atoms with Crippen molar-refractivity contribution in [3.8, 4) is 5.75 Å². The molecule has 3 aromatic rings. The zero-order valence-corrected chi connectivity index (χ0v) is 18.0. The molecule has 158 valence electrons. The lowest BCUT2D eigenvalue weighted by atomic mass is 10.0. The van der Waals surface area contributed by atoms with Gasteiger partial charge >= 0.3 is 0 Å². The monoisotopic (exact) mass is 427 g/mol. The van der Waals surface area contributed by atoms with E-state index in [1.807, 2.05) is 32.2 Å². The number of amides is 1. The summed E-state index contributed by atoms with van der Waals surface area (Å²) in [6.07, 6.45) is 3.27. The Balaban J connectivity index is 1.79. The summed E-state index contributed by atoms with van der Waals surface area (Å²) in [6.45, 7) is 1.89. The summed E-state index contributed by atoms with van der Waals surface area (Å²) in [5, 5.41) is 2.92. The molecule has 8 heteroatoms. The standard InChI is InChI=1S/C22H25N3O4S/c1-16-8-10-17(11-9-16)30(27,28)15-12-20(26)24-21(22-23-13-14-25(22)2)18-6-4-5-7-19(18)29-3/h4-11,13-14,21H,12,15H2,1-3H3,(H,24,26). The van der Waals surface area contributed by atoms with Gasteiger partial charge in [-0.2, -0.15) is 0 Å². The number of para-hydroxylation sites is 1. The maximum Gasteiger partial charge on any atom is 0.221 e. The van der Waals surface area contributed by atoms with Crippen LogP contribution in [-0.2, 0) is 21.7 Å². The molecule has 1 heterocycles. The smallest absolute Gasteiger partial charge is 0.221 e. The second kappa shape index (κ2) is 9.13. The number of aryl methyl sites for hydroxylation is 2. The van der Waals surface area contributed by atoms with Crippen molar-refractivity contribution >= 4 is 15.7 Å². The largest absolute Gasteiger partial charge is 0.496 e. The highest BCUT2D eigenvalue weighted by Gasteiger charge is 2.25. The average Bonchev–Trinajstić information content (AvgIpc) is 3.16. The molecule has 30 heavy (non-hydrogen) atoms. The molecule has 0 fully saturated rings. The summed E-state index contributed by atoms with van der Waals surface area (Å²) in [5.74, 6) is 0.568. The fraction of sp³-hybridized carbons (Fsp3) is 0.273. The quantitative estimate of drug-likeness (QED) is 0.597. The molecule has 0 aliphatic heterocycles. The first-order valence-electron chi connectivity index (χ1n) is 9.51. The molecule has 0 saturated heterocycles. The van der Waals surface area contributed by atoms with Gasteiger partial charge in [0.05, 0.1) is 17.8 Å². The summed E-state index contributed by atoms with van der Waals surface area (Å²) in [7, 11) is -0.162. The zero-order valence-electron chi connectivity index (χ0n) is 17.2. The van der Waals surface area contributed by atoms with E-state index in [0.29, 0.717) is 11.6 Å². The lowest BCUT2D eigenvalue weighted by Gasteiger charge is -2.21. The number of aromatic nitrogens is 2. The van der Waals surface area contributed by atoms with E-state index in [-0.39, 0.29) is 23.0 Å². The molecular formula is C22H25N3O4S. The van der Waals surface area contributed by atoms with Crippen molar-refractivity contribution < 1.29 is 17.9 Å². The van der Waals surface area contributed by atoms with Gasteiger partial charge in [0.2, 0.25) is 5.91 Å². The number of hydrogen-bond donors (Lipinski definition) is 1. The minimum absolute atomic E-state index is 0.160. The van der Waals surface area contributed by atoms with Crippen molar-refractivity contribution in [1.29, 1.82) is 0 Å². The van der Waals surface area contributed by atoms with Gasteiger partial charge in [-0.15, -0.1) is 0 Å². The van der Waals surface area contributed by atoms with Crippen LogP contribution in [0, 0.1) is 6.92 Å². The van der Waals surface area contributed by atoms with E-state index in [0.717, 1.165) is 11.1 Å². The Kier molecular flexibility index (Phi) is 6.56. The normalized spacial score (nSPS) is 12.4. The highest BCUT2D eigenvalue weighted by atomic mass is 32.2. The second-order valence-corrected chi connectivity index (χ2v) is 9.13. The Bertz CT molecular complexity index is 1120. The Morgan fingerprint density at radius 3 is 2.50 bits per heavy atom. The van der Waals surface area contributed by atoms with Gasteiger partial charge in [0, 0.05) is 31.4 Å². The molecule has 0 bridgehead atoms. The first-order valence-corrected chi connectivity index (χ1v) is 11.2. The lowest BCUT2D eigenvalue weighted by molar-refractivity contribution is -0.121. The Hall–Kier alpha value is -3.13. The molecule has 0 saturated carbocycles.